The number of pyridine rings is 2. The van der Waals surface area contributed by atoms with E-state index in [0.29, 0.717) is 57.6 Å². The largest absolute Gasteiger partial charge is 0.494 e. The highest BCUT2D eigenvalue weighted by Gasteiger charge is 2.25. The van der Waals surface area contributed by atoms with Crippen LogP contribution in [0.5, 0.6) is 11.5 Å². The minimum Gasteiger partial charge on any atom is -0.494 e. The molecule has 0 spiro atoms. The van der Waals surface area contributed by atoms with Gasteiger partial charge in [-0.15, -0.1) is 0 Å². The van der Waals surface area contributed by atoms with Crippen LogP contribution in [0.4, 0.5) is 16.1 Å². The number of nitrogens with two attached hydrogens (primary N) is 1. The molecule has 0 saturated heterocycles. The van der Waals surface area contributed by atoms with Crippen molar-refractivity contribution in [3.05, 3.63) is 172 Å². The van der Waals surface area contributed by atoms with Crippen LogP contribution >= 0.6 is 31.9 Å². The third kappa shape index (κ3) is 14.2. The molecule has 0 bridgehead atoms. The van der Waals surface area contributed by atoms with Gasteiger partial charge in [-0.25, -0.2) is 9.97 Å². The summed E-state index contributed by atoms with van der Waals surface area (Å²) in [7, 11) is 0. The fourth-order valence-electron chi connectivity index (χ4n) is 12.9. The first-order valence-corrected chi connectivity index (χ1v) is 33.5. The fraction of sp³-hybridized carbons (Fsp3) is 0.360. The number of hydrogen-bond acceptors (Lipinski definition) is 9. The summed E-state index contributed by atoms with van der Waals surface area (Å²) in [6, 6.07) is 38.9. The molecule has 90 heavy (non-hydrogen) atoms. The topological polar surface area (TPSA) is 156 Å². The molecule has 12 rings (SSSR count). The number of non-ortho nitro benzene ring substituents is 1. The van der Waals surface area contributed by atoms with Crippen molar-refractivity contribution in [3.8, 4) is 33.8 Å². The number of nitro groups is 1. The maximum atomic E-state index is 13.9. The van der Waals surface area contributed by atoms with Crippen molar-refractivity contribution in [1.29, 1.82) is 0 Å². The van der Waals surface area contributed by atoms with Crippen LogP contribution in [0.25, 0.3) is 98.7 Å². The first-order valence-electron chi connectivity index (χ1n) is 31.9. The van der Waals surface area contributed by atoms with Crippen LogP contribution in [-0.2, 0) is 0 Å². The van der Waals surface area contributed by atoms with E-state index in [1.807, 2.05) is 97.9 Å². The number of unbranched alkanes of at least 4 members (excludes halogenated alkanes) is 18. The van der Waals surface area contributed by atoms with Crippen molar-refractivity contribution < 1.29 is 19.1 Å². The van der Waals surface area contributed by atoms with Gasteiger partial charge in [-0.05, 0) is 150 Å². The predicted octanol–water partition coefficient (Wildman–Crippen LogP) is 21.5. The average Bonchev–Trinajstić information content (AvgIpc) is 1.51. The van der Waals surface area contributed by atoms with Crippen molar-refractivity contribution in [2.24, 2.45) is 0 Å². The van der Waals surface area contributed by atoms with E-state index in [1.54, 1.807) is 16.5 Å². The molecule has 4 heterocycles. The zero-order valence-corrected chi connectivity index (χ0v) is 54.7. The van der Waals surface area contributed by atoms with Crippen LogP contribution in [-0.4, -0.2) is 36.9 Å². The Kier molecular flexibility index (Phi) is 22.5. The number of nitro benzene ring substituents is 1. The number of nitrogens with zero attached hydrogens (tertiary/aromatic N) is 5. The van der Waals surface area contributed by atoms with Gasteiger partial charge in [-0.2, -0.15) is 0 Å². The maximum Gasteiger partial charge on any atom is 0.297 e. The van der Waals surface area contributed by atoms with Gasteiger partial charge in [0.25, 0.3) is 16.8 Å². The molecule has 0 atom stereocenters. The summed E-state index contributed by atoms with van der Waals surface area (Å²) in [6.07, 6.45) is 25.7. The Labute approximate surface area is 542 Å². The number of ether oxygens (including phenoxy) is 2. The predicted molar refractivity (Wildman–Crippen MR) is 381 cm³/mol. The lowest BCUT2D eigenvalue weighted by Gasteiger charge is -2.11. The lowest BCUT2D eigenvalue weighted by molar-refractivity contribution is -0.383. The monoisotopic (exact) mass is 1340 g/mol. The van der Waals surface area contributed by atoms with E-state index < -0.39 is 4.92 Å². The molecule has 0 radical (unpaired) electrons. The van der Waals surface area contributed by atoms with Crippen LogP contribution in [0.1, 0.15) is 161 Å². The minimum atomic E-state index is -0.419. The number of benzene rings is 8. The van der Waals surface area contributed by atoms with Crippen LogP contribution in [0.15, 0.2) is 140 Å². The molecular formula is C75H83Br2FN6O6. The molecule has 12 nitrogen and oxygen atoms in total. The van der Waals surface area contributed by atoms with Crippen molar-refractivity contribution >= 4 is 120 Å². The number of anilines is 1. The molecule has 0 saturated carbocycles. The molecule has 15 heteroatoms. The third-order valence-electron chi connectivity index (χ3n) is 17.4. The highest BCUT2D eigenvalue weighted by molar-refractivity contribution is 9.11. The van der Waals surface area contributed by atoms with Crippen LogP contribution in [0.2, 0.25) is 0 Å². The number of hydrogen-bond donors (Lipinski definition) is 1. The summed E-state index contributed by atoms with van der Waals surface area (Å²) in [5.74, 6) is 1.60. The second-order valence-electron chi connectivity index (χ2n) is 24.0. The van der Waals surface area contributed by atoms with Crippen LogP contribution in [0, 0.1) is 24.0 Å². The van der Waals surface area contributed by atoms with E-state index in [2.05, 4.69) is 70.8 Å². The van der Waals surface area contributed by atoms with Gasteiger partial charge >= 0.3 is 0 Å². The van der Waals surface area contributed by atoms with E-state index in [1.165, 1.54) is 114 Å². The van der Waals surface area contributed by atoms with Crippen LogP contribution in [0.3, 0.4) is 0 Å². The van der Waals surface area contributed by atoms with E-state index in [9.17, 15) is 19.7 Å². The maximum absolute atomic E-state index is 13.9. The van der Waals surface area contributed by atoms with Gasteiger partial charge in [0, 0.05) is 47.3 Å². The van der Waals surface area contributed by atoms with Gasteiger partial charge in [-0.3, -0.25) is 33.2 Å². The van der Waals surface area contributed by atoms with Gasteiger partial charge in [0.15, 0.2) is 5.52 Å². The van der Waals surface area contributed by atoms with Gasteiger partial charge in [0.05, 0.1) is 34.9 Å². The molecule has 0 unspecified atom stereocenters. The molecule has 0 aliphatic heterocycles. The summed E-state index contributed by atoms with van der Waals surface area (Å²) in [4.78, 5) is 49.3. The number of fused-ring (bicyclic) bond motifs is 8. The van der Waals surface area contributed by atoms with Crippen molar-refractivity contribution in [2.45, 2.75) is 164 Å². The van der Waals surface area contributed by atoms with Gasteiger partial charge in [0.1, 0.15) is 28.3 Å². The van der Waals surface area contributed by atoms with Crippen molar-refractivity contribution in [1.82, 2.24) is 18.8 Å². The lowest BCUT2D eigenvalue weighted by Crippen LogP contribution is -2.13. The normalized spacial score (nSPS) is 11.6. The fourth-order valence-corrected chi connectivity index (χ4v) is 13.8. The van der Waals surface area contributed by atoms with Crippen molar-refractivity contribution in [2.75, 3.05) is 18.9 Å². The molecule has 0 aliphatic rings. The summed E-state index contributed by atoms with van der Waals surface area (Å²) < 4.78 is 17.4. The first-order chi connectivity index (χ1) is 42.8. The summed E-state index contributed by atoms with van der Waals surface area (Å²) in [6.45, 7) is 9.93. The first kappa shape index (κ1) is 66.7. The van der Waals surface area contributed by atoms with Crippen LogP contribution < -0.4 is 26.3 Å². The minimum absolute atomic E-state index is 0. The van der Waals surface area contributed by atoms with E-state index >= 15 is 0 Å². The summed E-state index contributed by atoms with van der Waals surface area (Å²) >= 11 is 7.24. The highest BCUT2D eigenvalue weighted by atomic mass is 79.9. The molecule has 0 fully saturated rings. The zero-order chi connectivity index (χ0) is 61.4. The SMILES string of the molecule is C.CCCCCCCCCCCCOc1cc(C)cc(-c2cc(N)c3nc4c5ccc(Br)c6cccc(c(=O)n4c3c2)c65)c1.CCCCCCCCCCCCOc1cc(C)cc(-c2cc([N+](=O)[O-])c3nc4c5ccc(Br)c6cccc(c(=O)n4c3c2)c65)c1.F. The Bertz CT molecular complexity index is 4620. The quantitative estimate of drug-likeness (QED) is 0.0229. The molecule has 0 amide bonds. The third-order valence-corrected chi connectivity index (χ3v) is 18.7. The number of imidazole rings is 2. The second kappa shape index (κ2) is 30.4. The van der Waals surface area contributed by atoms with Gasteiger partial charge in [0.2, 0.25) is 0 Å². The standard InChI is InChI=1S/C37H38BrN3O4.C37H40BrN3O2.CH4.FH/c1-3-4-5-6-7-8-9-10-11-12-18-45-27-20-24(2)19-25(21-27)26-22-32-35(33(23-26)41(43)44)39-36-29-16-17-31(38)28-14-13-15-30(34(28)29)37(42)40(32)36;1-3-4-5-6-7-8-9-10-11-12-18-43-27-20-24(2)19-25(21-27)26-22-32(39)35-33(23-26)41-36(40-35)29-16-17-31(38)28-14-13-15-30(34(28)29)37(41)42;;/h13-17,19-23H,3-12,18H2,1-2H3;13-17,19-23H,3-12,18,39H2,1-2H3;1H4;1H. The highest BCUT2D eigenvalue weighted by Crippen LogP contribution is 2.40. The molecule has 470 valence electrons. The molecule has 8 aromatic carbocycles. The van der Waals surface area contributed by atoms with Crippen molar-refractivity contribution in [3.63, 3.8) is 0 Å². The number of rotatable bonds is 27. The summed E-state index contributed by atoms with van der Waals surface area (Å²) in [5.41, 5.74) is 15.2. The lowest BCUT2D eigenvalue weighted by atomic mass is 10.0. The van der Waals surface area contributed by atoms with E-state index in [4.69, 9.17) is 25.2 Å². The smallest absolute Gasteiger partial charge is 0.297 e. The molecule has 2 N–H and O–H groups in total. The summed E-state index contributed by atoms with van der Waals surface area (Å²) in [5, 5.41) is 18.9. The Balaban J connectivity index is 0.000000209. The van der Waals surface area contributed by atoms with Gasteiger partial charge in [-0.1, -0.05) is 205 Å². The average molecular weight is 1340 g/mol. The Morgan fingerprint density at radius 2 is 0.856 bits per heavy atom. The Hall–Kier alpha value is -7.75. The Morgan fingerprint density at radius 3 is 1.29 bits per heavy atom. The number of halogens is 3. The Morgan fingerprint density at radius 1 is 0.478 bits per heavy atom. The number of nitrogen functional groups attached to an aromatic ring is 1. The zero-order valence-electron chi connectivity index (χ0n) is 51.5. The second-order valence-corrected chi connectivity index (χ2v) is 25.7. The number of aromatic nitrogens is 4. The number of aryl methyl sites for hydroxylation is 2. The van der Waals surface area contributed by atoms with E-state index in [0.717, 1.165) is 105 Å². The molecule has 12 aromatic rings. The molecular weight excluding hydrogens is 1260 g/mol. The molecule has 0 aliphatic carbocycles. The molecule has 4 aromatic heterocycles. The van der Waals surface area contributed by atoms with E-state index in [-0.39, 0.29) is 34.5 Å². The van der Waals surface area contributed by atoms with Gasteiger partial charge < -0.3 is 15.2 Å².